The summed E-state index contributed by atoms with van der Waals surface area (Å²) >= 11 is 0. The SMILES string of the molecule is O=C1N[C@H](c2ccccc2)COC(=O)c2cccc(c2)C(=O)OC[C@@H](c2ccccc2)NC(=O)c2cccc1c2. The minimum atomic E-state index is -0.662. The Kier molecular flexibility index (Phi) is 7.97. The Labute approximate surface area is 230 Å². The zero-order chi connectivity index (χ0) is 27.9. The van der Waals surface area contributed by atoms with Crippen LogP contribution in [-0.2, 0) is 9.47 Å². The molecule has 0 spiro atoms. The first-order chi connectivity index (χ1) is 19.5. The lowest BCUT2D eigenvalue weighted by Crippen LogP contribution is -2.34. The van der Waals surface area contributed by atoms with Crippen LogP contribution in [0.3, 0.4) is 0 Å². The lowest BCUT2D eigenvalue weighted by molar-refractivity contribution is 0.0450. The maximum atomic E-state index is 13.3. The molecule has 0 saturated carbocycles. The number of esters is 2. The number of hydrogen-bond donors (Lipinski definition) is 2. The number of carbonyl (C=O) groups excluding carboxylic acids is 4. The zero-order valence-corrected chi connectivity index (χ0v) is 21.4. The van der Waals surface area contributed by atoms with Crippen molar-refractivity contribution < 1.29 is 28.7 Å². The second-order valence-corrected chi connectivity index (χ2v) is 9.23. The third-order valence-corrected chi connectivity index (χ3v) is 6.50. The van der Waals surface area contributed by atoms with Crippen LogP contribution in [0.2, 0.25) is 0 Å². The first kappa shape index (κ1) is 26.4. The third-order valence-electron chi connectivity index (χ3n) is 6.50. The van der Waals surface area contributed by atoms with Gasteiger partial charge in [-0.15, -0.1) is 0 Å². The summed E-state index contributed by atoms with van der Waals surface area (Å²) in [6, 6.07) is 29.2. The fourth-order valence-electron chi connectivity index (χ4n) is 4.36. The van der Waals surface area contributed by atoms with Crippen molar-refractivity contribution in [3.8, 4) is 0 Å². The van der Waals surface area contributed by atoms with Gasteiger partial charge in [0.15, 0.2) is 0 Å². The highest BCUT2D eigenvalue weighted by Gasteiger charge is 2.23. The van der Waals surface area contributed by atoms with E-state index in [0.29, 0.717) is 0 Å². The summed E-state index contributed by atoms with van der Waals surface area (Å²) in [5, 5.41) is 5.82. The Balaban J connectivity index is 1.51. The minimum absolute atomic E-state index is 0.151. The molecule has 0 fully saturated rings. The van der Waals surface area contributed by atoms with E-state index in [2.05, 4.69) is 10.6 Å². The van der Waals surface area contributed by atoms with Gasteiger partial charge in [0.25, 0.3) is 11.8 Å². The van der Waals surface area contributed by atoms with Crippen molar-refractivity contribution in [1.82, 2.24) is 10.6 Å². The van der Waals surface area contributed by atoms with Crippen molar-refractivity contribution in [3.05, 3.63) is 143 Å². The number of fused-ring (bicyclic) bond motifs is 4. The summed E-state index contributed by atoms with van der Waals surface area (Å²) in [6.45, 7) is -0.301. The maximum absolute atomic E-state index is 13.3. The molecule has 5 rings (SSSR count). The van der Waals surface area contributed by atoms with E-state index in [1.165, 1.54) is 24.3 Å². The molecule has 1 aliphatic rings. The number of rotatable bonds is 2. The normalized spacial score (nSPS) is 18.3. The predicted molar refractivity (Wildman–Crippen MR) is 147 cm³/mol. The fourth-order valence-corrected chi connectivity index (χ4v) is 4.36. The van der Waals surface area contributed by atoms with Crippen LogP contribution in [-0.4, -0.2) is 37.0 Å². The van der Waals surface area contributed by atoms with E-state index < -0.39 is 35.8 Å². The van der Waals surface area contributed by atoms with Crippen molar-refractivity contribution in [2.45, 2.75) is 12.1 Å². The van der Waals surface area contributed by atoms with E-state index in [4.69, 9.17) is 9.47 Å². The lowest BCUT2D eigenvalue weighted by atomic mass is 10.0. The Morgan fingerprint density at radius 2 is 0.850 bits per heavy atom. The average molecular weight is 535 g/mol. The van der Waals surface area contributed by atoms with Crippen molar-refractivity contribution in [3.63, 3.8) is 0 Å². The molecule has 8 nitrogen and oxygen atoms in total. The molecule has 0 radical (unpaired) electrons. The topological polar surface area (TPSA) is 111 Å². The molecule has 0 aromatic heterocycles. The van der Waals surface area contributed by atoms with Gasteiger partial charge < -0.3 is 20.1 Å². The van der Waals surface area contributed by atoms with Crippen LogP contribution in [0.1, 0.15) is 64.6 Å². The predicted octanol–water partition coefficient (Wildman–Crippen LogP) is 4.66. The smallest absolute Gasteiger partial charge is 0.338 e. The second-order valence-electron chi connectivity index (χ2n) is 9.23. The first-order valence-electron chi connectivity index (χ1n) is 12.7. The molecule has 40 heavy (non-hydrogen) atoms. The number of carbonyl (C=O) groups is 4. The van der Waals surface area contributed by atoms with Crippen molar-refractivity contribution in [2.75, 3.05) is 13.2 Å². The van der Waals surface area contributed by atoms with E-state index in [1.807, 2.05) is 60.7 Å². The van der Waals surface area contributed by atoms with E-state index in [-0.39, 0.29) is 35.5 Å². The van der Waals surface area contributed by atoms with Gasteiger partial charge in [0, 0.05) is 11.1 Å². The van der Waals surface area contributed by atoms with Crippen LogP contribution in [0.15, 0.2) is 109 Å². The molecule has 0 aliphatic carbocycles. The number of benzene rings is 4. The summed E-state index contributed by atoms with van der Waals surface area (Å²) in [7, 11) is 0. The number of cyclic esters (lactones) is 2. The number of nitrogens with one attached hydrogen (secondary N) is 2. The molecular weight excluding hydrogens is 508 g/mol. The van der Waals surface area contributed by atoms with Gasteiger partial charge in [-0.25, -0.2) is 9.59 Å². The van der Waals surface area contributed by atoms with Crippen molar-refractivity contribution >= 4 is 23.8 Å². The summed E-state index contributed by atoms with van der Waals surface area (Å²) < 4.78 is 11.1. The molecule has 2 atom stereocenters. The fraction of sp³-hybridized carbons (Fsp3) is 0.125. The highest BCUT2D eigenvalue weighted by atomic mass is 16.5. The van der Waals surface area contributed by atoms with Gasteiger partial charge in [-0.2, -0.15) is 0 Å². The van der Waals surface area contributed by atoms with Crippen LogP contribution >= 0.6 is 0 Å². The number of amides is 2. The standard InChI is InChI=1S/C32H26N2O6/c35-29-23-13-7-14-24(17-23)30(36)34-28(22-11-5-2-6-12-22)20-40-32(38)26-16-8-15-25(18-26)31(37)39-19-27(33-29)21-9-3-1-4-10-21/h1-18,27-28H,19-20H2,(H,33,35)(H,34,36)/t27-,28-/m0/s1. The van der Waals surface area contributed by atoms with Gasteiger partial charge in [-0.1, -0.05) is 72.8 Å². The van der Waals surface area contributed by atoms with E-state index in [9.17, 15) is 19.2 Å². The lowest BCUT2D eigenvalue weighted by Gasteiger charge is -2.21. The van der Waals surface area contributed by atoms with Crippen LogP contribution in [0.5, 0.6) is 0 Å². The van der Waals surface area contributed by atoms with Gasteiger partial charge in [0.2, 0.25) is 0 Å². The van der Waals surface area contributed by atoms with Gasteiger partial charge in [-0.3, -0.25) is 9.59 Å². The van der Waals surface area contributed by atoms with Crippen LogP contribution in [0.4, 0.5) is 0 Å². The van der Waals surface area contributed by atoms with Gasteiger partial charge >= 0.3 is 11.9 Å². The van der Waals surface area contributed by atoms with E-state index >= 15 is 0 Å². The Morgan fingerprint density at radius 3 is 1.27 bits per heavy atom. The summed E-state index contributed by atoms with van der Waals surface area (Å²) in [6.07, 6.45) is 0. The molecule has 1 heterocycles. The monoisotopic (exact) mass is 534 g/mol. The van der Waals surface area contributed by atoms with Crippen molar-refractivity contribution in [2.24, 2.45) is 0 Å². The molecule has 200 valence electrons. The van der Waals surface area contributed by atoms with Crippen molar-refractivity contribution in [1.29, 1.82) is 0 Å². The molecule has 0 unspecified atom stereocenters. The molecule has 2 N–H and O–H groups in total. The molecule has 1 aliphatic heterocycles. The minimum Gasteiger partial charge on any atom is -0.460 e. The zero-order valence-electron chi connectivity index (χ0n) is 21.4. The number of hydrogen-bond acceptors (Lipinski definition) is 6. The molecule has 4 aromatic carbocycles. The highest BCUT2D eigenvalue weighted by molar-refractivity contribution is 6.00. The molecule has 8 heteroatoms. The molecule has 4 aromatic rings. The first-order valence-corrected chi connectivity index (χ1v) is 12.7. The Bertz CT molecular complexity index is 1430. The largest absolute Gasteiger partial charge is 0.460 e. The van der Waals surface area contributed by atoms with Crippen LogP contribution in [0, 0.1) is 0 Å². The molecular formula is C32H26N2O6. The van der Waals surface area contributed by atoms with Gasteiger partial charge in [-0.05, 0) is 47.5 Å². The van der Waals surface area contributed by atoms with Crippen LogP contribution in [0.25, 0.3) is 0 Å². The summed E-state index contributed by atoms with van der Waals surface area (Å²) in [4.78, 5) is 52.4. The third kappa shape index (κ3) is 6.24. The van der Waals surface area contributed by atoms with Gasteiger partial charge in [0.1, 0.15) is 13.2 Å². The quantitative estimate of drug-likeness (QED) is 0.362. The average Bonchev–Trinajstić information content (AvgIpc) is 3.01. The van der Waals surface area contributed by atoms with Gasteiger partial charge in [0.05, 0.1) is 23.2 Å². The molecule has 4 bridgehead atoms. The summed E-state index contributed by atoms with van der Waals surface area (Å²) in [5.41, 5.74) is 2.31. The summed E-state index contributed by atoms with van der Waals surface area (Å²) in [5.74, 6) is -2.17. The molecule has 2 amide bonds. The Hall–Kier alpha value is -5.24. The Morgan fingerprint density at radius 1 is 0.475 bits per heavy atom. The molecule has 0 saturated heterocycles. The number of ether oxygens (including phenoxy) is 2. The second kappa shape index (κ2) is 12.1. The maximum Gasteiger partial charge on any atom is 0.338 e. The van der Waals surface area contributed by atoms with Crippen LogP contribution < -0.4 is 10.6 Å². The van der Waals surface area contributed by atoms with E-state index in [1.54, 1.807) is 24.3 Å². The highest BCUT2D eigenvalue weighted by Crippen LogP contribution is 2.19. The van der Waals surface area contributed by atoms with E-state index in [0.717, 1.165) is 11.1 Å².